The van der Waals surface area contributed by atoms with Gasteiger partial charge in [-0.2, -0.15) is 0 Å². The number of allylic oxidation sites excluding steroid dienone is 1. The van der Waals surface area contributed by atoms with Gasteiger partial charge in [0.25, 0.3) is 0 Å². The Morgan fingerprint density at radius 1 is 1.73 bits per heavy atom. The van der Waals surface area contributed by atoms with E-state index in [2.05, 4.69) is 10.8 Å². The molecule has 1 unspecified atom stereocenters. The molecule has 1 heterocycles. The van der Waals surface area contributed by atoms with Gasteiger partial charge in [-0.1, -0.05) is 12.2 Å². The van der Waals surface area contributed by atoms with Crippen molar-refractivity contribution in [2.75, 3.05) is 13.7 Å². The summed E-state index contributed by atoms with van der Waals surface area (Å²) < 4.78 is 9.76. The smallest absolute Gasteiger partial charge is 0.313 e. The Balaban J connectivity index is 1.93. The summed E-state index contributed by atoms with van der Waals surface area (Å²) in [7, 11) is 1.35. The highest BCUT2D eigenvalue weighted by Crippen LogP contribution is 2.71. The van der Waals surface area contributed by atoms with Crippen LogP contribution in [0.2, 0.25) is 0 Å². The molecule has 1 aliphatic heterocycles. The summed E-state index contributed by atoms with van der Waals surface area (Å²) in [5.41, 5.74) is -0.794. The van der Waals surface area contributed by atoms with Crippen LogP contribution in [-0.2, 0) is 19.1 Å². The molecule has 1 saturated carbocycles. The lowest BCUT2D eigenvalue weighted by atomic mass is 9.39. The van der Waals surface area contributed by atoms with Crippen LogP contribution < -0.4 is 0 Å². The minimum absolute atomic E-state index is 0.156. The second-order valence-corrected chi connectivity index (χ2v) is 4.62. The first-order chi connectivity index (χ1) is 7.14. The van der Waals surface area contributed by atoms with Gasteiger partial charge in [0.2, 0.25) is 0 Å². The van der Waals surface area contributed by atoms with Gasteiger partial charge in [-0.15, -0.1) is 0 Å². The molecule has 3 rings (SSSR count). The fraction of sp³-hybridized carbons (Fsp3) is 0.636. The SMILES string of the molecule is COC(=O)C[C@@]12CC3C=C[C@]31COC2=O. The first kappa shape index (κ1) is 8.95. The van der Waals surface area contributed by atoms with E-state index in [0.717, 1.165) is 6.42 Å². The van der Waals surface area contributed by atoms with Crippen molar-refractivity contribution >= 4 is 11.9 Å². The van der Waals surface area contributed by atoms with E-state index < -0.39 is 5.41 Å². The molecule has 4 heteroatoms. The quantitative estimate of drug-likeness (QED) is 0.494. The lowest BCUT2D eigenvalue weighted by Gasteiger charge is -2.59. The Bertz CT molecular complexity index is 386. The van der Waals surface area contributed by atoms with Crippen LogP contribution in [0.3, 0.4) is 0 Å². The molecule has 0 aromatic carbocycles. The van der Waals surface area contributed by atoms with Crippen LogP contribution in [0, 0.1) is 16.7 Å². The van der Waals surface area contributed by atoms with Crippen molar-refractivity contribution in [3.05, 3.63) is 12.2 Å². The van der Waals surface area contributed by atoms with Crippen LogP contribution in [0.5, 0.6) is 0 Å². The molecule has 0 radical (unpaired) electrons. The summed E-state index contributed by atoms with van der Waals surface area (Å²) in [5, 5.41) is 0. The van der Waals surface area contributed by atoms with Crippen molar-refractivity contribution in [2.24, 2.45) is 16.7 Å². The standard InChI is InChI=1S/C11H12O4/c1-14-8(12)5-11-4-7-2-3-10(7,11)6-15-9(11)13/h2-3,7H,4-6H2,1H3/t7?,10-,11+/m0/s1. The lowest BCUT2D eigenvalue weighted by Crippen LogP contribution is -2.62. The zero-order valence-corrected chi connectivity index (χ0v) is 8.49. The maximum absolute atomic E-state index is 11.7. The van der Waals surface area contributed by atoms with E-state index >= 15 is 0 Å². The summed E-state index contributed by atoms with van der Waals surface area (Å²) in [6, 6.07) is 0. The highest BCUT2D eigenvalue weighted by atomic mass is 16.5. The van der Waals surface area contributed by atoms with Crippen LogP contribution in [0.1, 0.15) is 12.8 Å². The Morgan fingerprint density at radius 2 is 2.53 bits per heavy atom. The molecule has 1 saturated heterocycles. The van der Waals surface area contributed by atoms with Gasteiger partial charge in [-0.25, -0.2) is 0 Å². The Hall–Kier alpha value is -1.32. The van der Waals surface area contributed by atoms with Gasteiger partial charge >= 0.3 is 11.9 Å². The van der Waals surface area contributed by atoms with E-state index in [1.807, 2.05) is 6.08 Å². The van der Waals surface area contributed by atoms with Gasteiger partial charge in [0.05, 0.1) is 18.9 Å². The van der Waals surface area contributed by atoms with Gasteiger partial charge in [-0.05, 0) is 12.3 Å². The molecule has 0 amide bonds. The highest BCUT2D eigenvalue weighted by molar-refractivity contribution is 5.89. The van der Waals surface area contributed by atoms with Gasteiger partial charge in [-0.3, -0.25) is 9.59 Å². The Kier molecular flexibility index (Phi) is 1.45. The highest BCUT2D eigenvalue weighted by Gasteiger charge is 2.75. The summed E-state index contributed by atoms with van der Waals surface area (Å²) >= 11 is 0. The molecule has 0 N–H and O–H groups in total. The maximum atomic E-state index is 11.7. The maximum Gasteiger partial charge on any atom is 0.313 e. The average Bonchev–Trinajstić information content (AvgIpc) is 2.48. The van der Waals surface area contributed by atoms with Crippen molar-refractivity contribution in [1.82, 2.24) is 0 Å². The van der Waals surface area contributed by atoms with E-state index in [0.29, 0.717) is 12.5 Å². The number of cyclic esters (lactones) is 1. The molecule has 0 aromatic rings. The minimum Gasteiger partial charge on any atom is -0.469 e. The summed E-state index contributed by atoms with van der Waals surface area (Å²) in [6.07, 6.45) is 5.01. The third kappa shape index (κ3) is 0.758. The van der Waals surface area contributed by atoms with Gasteiger partial charge < -0.3 is 9.47 Å². The summed E-state index contributed by atoms with van der Waals surface area (Å²) in [5.74, 6) is -0.130. The second-order valence-electron chi connectivity index (χ2n) is 4.62. The third-order valence-electron chi connectivity index (χ3n) is 4.25. The number of rotatable bonds is 2. The molecule has 0 bridgehead atoms. The van der Waals surface area contributed by atoms with Crippen molar-refractivity contribution in [1.29, 1.82) is 0 Å². The van der Waals surface area contributed by atoms with Crippen LogP contribution in [-0.4, -0.2) is 25.7 Å². The molecule has 0 aromatic heterocycles. The topological polar surface area (TPSA) is 52.6 Å². The third-order valence-corrected chi connectivity index (χ3v) is 4.25. The predicted octanol–water partition coefficient (Wildman–Crippen LogP) is 0.669. The summed E-state index contributed by atoms with van der Waals surface area (Å²) in [6.45, 7) is 0.435. The molecule has 4 nitrogen and oxygen atoms in total. The fourth-order valence-corrected chi connectivity index (χ4v) is 3.18. The van der Waals surface area contributed by atoms with Crippen molar-refractivity contribution in [3.63, 3.8) is 0 Å². The van der Waals surface area contributed by atoms with E-state index in [9.17, 15) is 9.59 Å². The zero-order valence-electron chi connectivity index (χ0n) is 8.49. The van der Waals surface area contributed by atoms with Crippen molar-refractivity contribution in [3.8, 4) is 0 Å². The number of esters is 2. The van der Waals surface area contributed by atoms with E-state index in [1.165, 1.54) is 7.11 Å². The van der Waals surface area contributed by atoms with Gasteiger partial charge in [0, 0.05) is 5.41 Å². The fourth-order valence-electron chi connectivity index (χ4n) is 3.18. The lowest BCUT2D eigenvalue weighted by molar-refractivity contribution is -0.166. The number of hydrogen-bond donors (Lipinski definition) is 0. The first-order valence-electron chi connectivity index (χ1n) is 5.08. The number of hydrogen-bond acceptors (Lipinski definition) is 4. The predicted molar refractivity (Wildman–Crippen MR) is 49.7 cm³/mol. The largest absolute Gasteiger partial charge is 0.469 e. The van der Waals surface area contributed by atoms with Crippen molar-refractivity contribution < 1.29 is 19.1 Å². The van der Waals surface area contributed by atoms with Gasteiger partial charge in [0.1, 0.15) is 6.61 Å². The van der Waals surface area contributed by atoms with Crippen LogP contribution >= 0.6 is 0 Å². The van der Waals surface area contributed by atoms with E-state index in [4.69, 9.17) is 4.74 Å². The molecule has 15 heavy (non-hydrogen) atoms. The molecule has 2 fully saturated rings. The van der Waals surface area contributed by atoms with Gasteiger partial charge in [0.15, 0.2) is 0 Å². The Labute approximate surface area is 87.2 Å². The normalized spacial score (nSPS) is 44.6. The van der Waals surface area contributed by atoms with E-state index in [1.54, 1.807) is 0 Å². The zero-order chi connectivity index (χ0) is 10.7. The van der Waals surface area contributed by atoms with Crippen LogP contribution in [0.25, 0.3) is 0 Å². The number of carbonyl (C=O) groups excluding carboxylic acids is 2. The minimum atomic E-state index is -0.612. The molecule has 1 spiro atoms. The van der Waals surface area contributed by atoms with Crippen LogP contribution in [0.15, 0.2) is 12.2 Å². The van der Waals surface area contributed by atoms with Crippen LogP contribution in [0.4, 0.5) is 0 Å². The number of ether oxygens (including phenoxy) is 2. The average molecular weight is 208 g/mol. The summed E-state index contributed by atoms with van der Waals surface area (Å²) in [4.78, 5) is 23.0. The second kappa shape index (κ2) is 2.43. The molecule has 3 atom stereocenters. The number of carbonyl (C=O) groups is 2. The monoisotopic (exact) mass is 208 g/mol. The molecule has 3 aliphatic rings. The first-order valence-corrected chi connectivity index (χ1v) is 5.08. The van der Waals surface area contributed by atoms with E-state index in [-0.39, 0.29) is 23.8 Å². The number of methoxy groups -OCH3 is 1. The molecule has 2 aliphatic carbocycles. The molecular weight excluding hydrogens is 196 g/mol. The molecular formula is C11H12O4. The van der Waals surface area contributed by atoms with Crippen molar-refractivity contribution in [2.45, 2.75) is 12.8 Å². The Morgan fingerprint density at radius 3 is 3.07 bits per heavy atom. The molecule has 80 valence electrons.